The van der Waals surface area contributed by atoms with Crippen molar-refractivity contribution < 1.29 is 14.0 Å². The third-order valence-corrected chi connectivity index (χ3v) is 4.13. The lowest BCUT2D eigenvalue weighted by Crippen LogP contribution is -2.19. The van der Waals surface area contributed by atoms with Crippen molar-refractivity contribution >= 4 is 35.0 Å². The van der Waals surface area contributed by atoms with E-state index >= 15 is 0 Å². The Morgan fingerprint density at radius 1 is 0.917 bits per heavy atom. The number of rotatable bonds is 6. The van der Waals surface area contributed by atoms with Gasteiger partial charge in [-0.25, -0.2) is 4.39 Å². The average molecular weight is 346 g/mol. The van der Waals surface area contributed by atoms with Crippen molar-refractivity contribution in [1.29, 1.82) is 0 Å². The van der Waals surface area contributed by atoms with E-state index < -0.39 is 5.82 Å². The molecular weight excluding hydrogens is 327 g/mol. The number of amides is 2. The minimum Gasteiger partial charge on any atom is -0.325 e. The molecule has 2 N–H and O–H groups in total. The predicted molar refractivity (Wildman–Crippen MR) is 96.9 cm³/mol. The van der Waals surface area contributed by atoms with E-state index in [9.17, 15) is 14.0 Å². The summed E-state index contributed by atoms with van der Waals surface area (Å²) >= 11 is 1.17. The van der Waals surface area contributed by atoms with E-state index in [1.54, 1.807) is 13.0 Å². The number of hydrogen-bond acceptors (Lipinski definition) is 3. The molecule has 0 saturated carbocycles. The molecule has 0 aliphatic rings. The maximum atomic E-state index is 13.6. The summed E-state index contributed by atoms with van der Waals surface area (Å²) in [6.45, 7) is 3.74. The van der Waals surface area contributed by atoms with Crippen LogP contribution in [0.5, 0.6) is 0 Å². The quantitative estimate of drug-likeness (QED) is 0.837. The minimum absolute atomic E-state index is 0.0780. The second-order valence-corrected chi connectivity index (χ2v) is 6.42. The van der Waals surface area contributed by atoms with Crippen LogP contribution in [0.15, 0.2) is 42.5 Å². The van der Waals surface area contributed by atoms with Gasteiger partial charge in [-0.15, -0.1) is 11.8 Å². The van der Waals surface area contributed by atoms with Crippen LogP contribution in [0.3, 0.4) is 0 Å². The maximum absolute atomic E-state index is 13.6. The fourth-order valence-corrected chi connectivity index (χ4v) is 2.60. The Morgan fingerprint density at radius 2 is 1.50 bits per heavy atom. The minimum atomic E-state index is -0.467. The van der Waals surface area contributed by atoms with Gasteiger partial charge in [-0.3, -0.25) is 9.59 Å². The lowest BCUT2D eigenvalue weighted by Gasteiger charge is -2.07. The molecule has 0 bridgehead atoms. The first-order valence-corrected chi connectivity index (χ1v) is 8.60. The van der Waals surface area contributed by atoms with Crippen LogP contribution in [-0.2, 0) is 9.59 Å². The molecule has 24 heavy (non-hydrogen) atoms. The van der Waals surface area contributed by atoms with Crippen LogP contribution in [-0.4, -0.2) is 23.3 Å². The van der Waals surface area contributed by atoms with Crippen LogP contribution in [0, 0.1) is 19.7 Å². The fourth-order valence-electron chi connectivity index (χ4n) is 1.98. The second-order valence-electron chi connectivity index (χ2n) is 5.44. The number of halogens is 1. The van der Waals surface area contributed by atoms with Gasteiger partial charge in [-0.05, 0) is 43.7 Å². The Bertz CT molecular complexity index is 732. The van der Waals surface area contributed by atoms with E-state index in [4.69, 9.17) is 0 Å². The second kappa shape index (κ2) is 8.49. The van der Waals surface area contributed by atoms with E-state index in [0.29, 0.717) is 0 Å². The number of aryl methyl sites for hydroxylation is 2. The van der Waals surface area contributed by atoms with Crippen LogP contribution in [0.1, 0.15) is 11.1 Å². The van der Waals surface area contributed by atoms with Gasteiger partial charge in [0.1, 0.15) is 5.82 Å². The summed E-state index contributed by atoms with van der Waals surface area (Å²) in [6.07, 6.45) is 0. The van der Waals surface area contributed by atoms with E-state index in [1.807, 2.05) is 31.2 Å². The first-order chi connectivity index (χ1) is 11.4. The van der Waals surface area contributed by atoms with Gasteiger partial charge in [-0.2, -0.15) is 0 Å². The number of hydrogen-bond donors (Lipinski definition) is 2. The molecule has 2 amide bonds. The smallest absolute Gasteiger partial charge is 0.234 e. The molecule has 0 radical (unpaired) electrons. The summed E-state index contributed by atoms with van der Waals surface area (Å²) in [7, 11) is 0. The molecule has 0 fully saturated rings. The SMILES string of the molecule is Cc1ccc(NC(=O)CSCC(=O)Nc2ccc(C)cc2F)cc1. The molecule has 0 unspecified atom stereocenters. The van der Waals surface area contributed by atoms with Crippen molar-refractivity contribution in [2.24, 2.45) is 0 Å². The molecule has 0 heterocycles. The Labute approximate surface area is 144 Å². The predicted octanol–water partition coefficient (Wildman–Crippen LogP) is 3.75. The van der Waals surface area contributed by atoms with Crippen molar-refractivity contribution in [3.8, 4) is 0 Å². The molecule has 2 rings (SSSR count). The van der Waals surface area contributed by atoms with Crippen LogP contribution in [0.4, 0.5) is 15.8 Å². The largest absolute Gasteiger partial charge is 0.325 e. The molecule has 2 aromatic rings. The normalized spacial score (nSPS) is 10.3. The molecule has 6 heteroatoms. The summed E-state index contributed by atoms with van der Waals surface area (Å²) in [4.78, 5) is 23.6. The highest BCUT2D eigenvalue weighted by molar-refractivity contribution is 8.00. The number of carbonyl (C=O) groups is 2. The average Bonchev–Trinajstić information content (AvgIpc) is 2.52. The van der Waals surface area contributed by atoms with Crippen LogP contribution in [0.2, 0.25) is 0 Å². The van der Waals surface area contributed by atoms with Gasteiger partial charge in [0, 0.05) is 5.69 Å². The van der Waals surface area contributed by atoms with Gasteiger partial charge in [0.2, 0.25) is 11.8 Å². The van der Waals surface area contributed by atoms with Gasteiger partial charge >= 0.3 is 0 Å². The van der Waals surface area contributed by atoms with E-state index in [2.05, 4.69) is 10.6 Å². The van der Waals surface area contributed by atoms with Crippen molar-refractivity contribution in [3.63, 3.8) is 0 Å². The first-order valence-electron chi connectivity index (χ1n) is 7.44. The van der Waals surface area contributed by atoms with Crippen molar-refractivity contribution in [2.75, 3.05) is 22.1 Å². The zero-order valence-corrected chi connectivity index (χ0v) is 14.4. The van der Waals surface area contributed by atoms with Gasteiger partial charge < -0.3 is 10.6 Å². The first kappa shape index (κ1) is 18.0. The highest BCUT2D eigenvalue weighted by Crippen LogP contribution is 2.16. The van der Waals surface area contributed by atoms with Crippen LogP contribution >= 0.6 is 11.8 Å². The van der Waals surface area contributed by atoms with Crippen molar-refractivity contribution in [2.45, 2.75) is 13.8 Å². The molecule has 0 aliphatic heterocycles. The summed E-state index contributed by atoms with van der Waals surface area (Å²) in [6, 6.07) is 12.1. The lowest BCUT2D eigenvalue weighted by molar-refractivity contribution is -0.114. The van der Waals surface area contributed by atoms with Gasteiger partial charge in [0.25, 0.3) is 0 Å². The number of nitrogens with one attached hydrogen (secondary N) is 2. The van der Waals surface area contributed by atoms with Crippen molar-refractivity contribution in [3.05, 3.63) is 59.4 Å². The van der Waals surface area contributed by atoms with Crippen molar-refractivity contribution in [1.82, 2.24) is 0 Å². The number of benzene rings is 2. The van der Waals surface area contributed by atoms with E-state index in [-0.39, 0.29) is 29.0 Å². The monoisotopic (exact) mass is 346 g/mol. The van der Waals surface area contributed by atoms with Gasteiger partial charge in [0.05, 0.1) is 17.2 Å². The van der Waals surface area contributed by atoms with E-state index in [1.165, 1.54) is 23.9 Å². The molecule has 0 saturated heterocycles. The third kappa shape index (κ3) is 5.70. The number of anilines is 2. The maximum Gasteiger partial charge on any atom is 0.234 e. The summed E-state index contributed by atoms with van der Waals surface area (Å²) < 4.78 is 13.6. The lowest BCUT2D eigenvalue weighted by atomic mass is 10.2. The Kier molecular flexibility index (Phi) is 6.37. The zero-order chi connectivity index (χ0) is 17.5. The highest BCUT2D eigenvalue weighted by atomic mass is 32.2. The topological polar surface area (TPSA) is 58.2 Å². The van der Waals surface area contributed by atoms with Crippen LogP contribution in [0.25, 0.3) is 0 Å². The summed E-state index contributed by atoms with van der Waals surface area (Å²) in [5, 5.41) is 5.26. The number of thioether (sulfide) groups is 1. The highest BCUT2D eigenvalue weighted by Gasteiger charge is 2.09. The molecule has 0 aromatic heterocycles. The third-order valence-electron chi connectivity index (χ3n) is 3.20. The molecule has 2 aromatic carbocycles. The molecule has 0 aliphatic carbocycles. The Morgan fingerprint density at radius 3 is 2.12 bits per heavy atom. The molecule has 0 atom stereocenters. The standard InChI is InChI=1S/C18H19FN2O2S/c1-12-3-6-14(7-4-12)20-17(22)10-24-11-18(23)21-16-8-5-13(2)9-15(16)19/h3-9H,10-11H2,1-2H3,(H,20,22)(H,21,23). The Hall–Kier alpha value is -2.34. The molecule has 4 nitrogen and oxygen atoms in total. The van der Waals surface area contributed by atoms with Gasteiger partial charge in [-0.1, -0.05) is 23.8 Å². The summed E-state index contributed by atoms with van der Waals surface area (Å²) in [5.74, 6) is -0.763. The molecule has 0 spiro atoms. The summed E-state index contributed by atoms with van der Waals surface area (Å²) in [5.41, 5.74) is 2.77. The molecule has 126 valence electrons. The zero-order valence-electron chi connectivity index (χ0n) is 13.6. The molecular formula is C18H19FN2O2S. The van der Waals surface area contributed by atoms with Gasteiger partial charge in [0.15, 0.2) is 0 Å². The Balaban J connectivity index is 1.73. The fraction of sp³-hybridized carbons (Fsp3) is 0.222. The van der Waals surface area contributed by atoms with Crippen LogP contribution < -0.4 is 10.6 Å². The van der Waals surface area contributed by atoms with E-state index in [0.717, 1.165) is 16.8 Å². The number of carbonyl (C=O) groups excluding carboxylic acids is 2.